The largest absolute Gasteiger partial charge is 0.418 e. The summed E-state index contributed by atoms with van der Waals surface area (Å²) in [7, 11) is 0. The molecule has 2 nitrogen and oxygen atoms in total. The fourth-order valence-electron chi connectivity index (χ4n) is 1.42. The second-order valence-corrected chi connectivity index (χ2v) is 4.58. The molecule has 1 aromatic rings. The van der Waals surface area contributed by atoms with Crippen LogP contribution in [0.4, 0.5) is 13.2 Å². The van der Waals surface area contributed by atoms with E-state index < -0.39 is 11.7 Å². The van der Waals surface area contributed by atoms with Gasteiger partial charge in [-0.05, 0) is 30.0 Å². The van der Waals surface area contributed by atoms with Crippen LogP contribution in [0.1, 0.15) is 25.0 Å². The third-order valence-corrected chi connectivity index (χ3v) is 2.44. The van der Waals surface area contributed by atoms with Crippen molar-refractivity contribution in [2.75, 3.05) is 6.54 Å². The Morgan fingerprint density at radius 1 is 1.31 bits per heavy atom. The lowest BCUT2D eigenvalue weighted by Gasteiger charge is -2.24. The van der Waals surface area contributed by atoms with Gasteiger partial charge in [-0.15, -0.1) is 0 Å². The summed E-state index contributed by atoms with van der Waals surface area (Å²) in [5.41, 5.74) is 4.75. The number of pyridine rings is 1. The van der Waals surface area contributed by atoms with E-state index in [4.69, 9.17) is 5.73 Å². The number of alkyl halides is 3. The molecule has 0 amide bonds. The van der Waals surface area contributed by atoms with Gasteiger partial charge in [0.15, 0.2) is 0 Å². The predicted octanol–water partition coefficient (Wildman–Crippen LogP) is 2.63. The van der Waals surface area contributed by atoms with Gasteiger partial charge in [-0.25, -0.2) is 0 Å². The van der Waals surface area contributed by atoms with Gasteiger partial charge in [0.05, 0.1) is 5.56 Å². The van der Waals surface area contributed by atoms with E-state index in [0.717, 1.165) is 6.20 Å². The molecule has 1 heterocycles. The van der Waals surface area contributed by atoms with Gasteiger partial charge in [0, 0.05) is 12.4 Å². The van der Waals surface area contributed by atoms with Crippen LogP contribution in [0.2, 0.25) is 0 Å². The van der Waals surface area contributed by atoms with E-state index in [1.807, 2.05) is 13.8 Å². The smallest absolute Gasteiger partial charge is 0.330 e. The summed E-state index contributed by atoms with van der Waals surface area (Å²) in [5, 5.41) is 0. The molecule has 0 bridgehead atoms. The molecule has 0 aliphatic rings. The first-order valence-electron chi connectivity index (χ1n) is 4.96. The zero-order valence-electron chi connectivity index (χ0n) is 9.30. The van der Waals surface area contributed by atoms with Crippen LogP contribution < -0.4 is 5.73 Å². The maximum absolute atomic E-state index is 12.7. The number of aromatic nitrogens is 1. The molecule has 2 N–H and O–H groups in total. The molecule has 0 saturated heterocycles. The van der Waals surface area contributed by atoms with Crippen molar-refractivity contribution < 1.29 is 13.2 Å². The van der Waals surface area contributed by atoms with Crippen LogP contribution in [-0.4, -0.2) is 11.5 Å². The van der Waals surface area contributed by atoms with Crippen LogP contribution in [-0.2, 0) is 12.6 Å². The van der Waals surface area contributed by atoms with Gasteiger partial charge in [-0.1, -0.05) is 13.8 Å². The maximum Gasteiger partial charge on any atom is 0.418 e. The third-order valence-electron chi connectivity index (χ3n) is 2.44. The average Bonchev–Trinajstić information content (AvgIpc) is 2.16. The topological polar surface area (TPSA) is 38.9 Å². The SMILES string of the molecule is CC(C)(CN)Cc1ccncc1C(F)(F)F. The highest BCUT2D eigenvalue weighted by molar-refractivity contribution is 5.27. The van der Waals surface area contributed by atoms with Crippen molar-refractivity contribution in [2.24, 2.45) is 11.1 Å². The number of halogens is 3. The first-order chi connectivity index (χ1) is 7.26. The van der Waals surface area contributed by atoms with Crippen molar-refractivity contribution in [1.82, 2.24) is 4.98 Å². The maximum atomic E-state index is 12.7. The zero-order valence-corrected chi connectivity index (χ0v) is 9.30. The van der Waals surface area contributed by atoms with E-state index in [1.54, 1.807) is 0 Å². The average molecular weight is 232 g/mol. The van der Waals surface area contributed by atoms with Gasteiger partial charge in [-0.3, -0.25) is 4.98 Å². The Bertz CT molecular complexity index is 358. The molecule has 0 aliphatic carbocycles. The van der Waals surface area contributed by atoms with Gasteiger partial charge in [0.2, 0.25) is 0 Å². The van der Waals surface area contributed by atoms with E-state index >= 15 is 0 Å². The summed E-state index contributed by atoms with van der Waals surface area (Å²) in [6.07, 6.45) is -1.83. The first-order valence-corrected chi connectivity index (χ1v) is 4.96. The van der Waals surface area contributed by atoms with Crippen LogP contribution in [0.3, 0.4) is 0 Å². The quantitative estimate of drug-likeness (QED) is 0.870. The second-order valence-electron chi connectivity index (χ2n) is 4.58. The van der Waals surface area contributed by atoms with E-state index in [-0.39, 0.29) is 11.0 Å². The van der Waals surface area contributed by atoms with Crippen molar-refractivity contribution in [3.63, 3.8) is 0 Å². The number of hydrogen-bond donors (Lipinski definition) is 1. The van der Waals surface area contributed by atoms with Crippen molar-refractivity contribution in [2.45, 2.75) is 26.4 Å². The van der Waals surface area contributed by atoms with Gasteiger partial charge in [-0.2, -0.15) is 13.2 Å². The molecule has 16 heavy (non-hydrogen) atoms. The Morgan fingerprint density at radius 3 is 2.44 bits per heavy atom. The second kappa shape index (κ2) is 4.41. The molecule has 90 valence electrons. The normalized spacial score (nSPS) is 12.9. The van der Waals surface area contributed by atoms with Gasteiger partial charge in [0.25, 0.3) is 0 Å². The lowest BCUT2D eigenvalue weighted by atomic mass is 9.85. The molecule has 0 aliphatic heterocycles. The van der Waals surface area contributed by atoms with Crippen LogP contribution >= 0.6 is 0 Å². The molecule has 0 fully saturated rings. The number of hydrogen-bond acceptors (Lipinski definition) is 2. The Balaban J connectivity index is 3.06. The minimum Gasteiger partial charge on any atom is -0.330 e. The Labute approximate surface area is 92.7 Å². The summed E-state index contributed by atoms with van der Waals surface area (Å²) >= 11 is 0. The molecule has 0 saturated carbocycles. The minimum absolute atomic E-state index is 0.248. The molecule has 0 spiro atoms. The van der Waals surface area contributed by atoms with E-state index in [1.165, 1.54) is 12.3 Å². The molecule has 5 heteroatoms. The fraction of sp³-hybridized carbons (Fsp3) is 0.545. The van der Waals surface area contributed by atoms with E-state index in [9.17, 15) is 13.2 Å². The molecular formula is C11H15F3N2. The monoisotopic (exact) mass is 232 g/mol. The molecule has 1 aromatic heterocycles. The summed E-state index contributed by atoms with van der Waals surface area (Å²) < 4.78 is 38.0. The van der Waals surface area contributed by atoms with Crippen molar-refractivity contribution in [3.05, 3.63) is 29.6 Å². The van der Waals surface area contributed by atoms with Crippen LogP contribution in [0.25, 0.3) is 0 Å². The minimum atomic E-state index is -4.35. The summed E-state index contributed by atoms with van der Waals surface area (Å²) in [6.45, 7) is 4.02. The van der Waals surface area contributed by atoms with Crippen molar-refractivity contribution in [3.8, 4) is 0 Å². The summed E-state index contributed by atoms with van der Waals surface area (Å²) in [5.74, 6) is 0. The zero-order chi connectivity index (χ0) is 12.4. The summed E-state index contributed by atoms with van der Waals surface area (Å²) in [6, 6.07) is 1.40. The van der Waals surface area contributed by atoms with E-state index in [0.29, 0.717) is 13.0 Å². The highest BCUT2D eigenvalue weighted by Crippen LogP contribution is 2.33. The number of nitrogens with two attached hydrogens (primary N) is 1. The Morgan fingerprint density at radius 2 is 1.94 bits per heavy atom. The molecule has 0 aromatic carbocycles. The molecule has 0 unspecified atom stereocenters. The van der Waals surface area contributed by atoms with Crippen LogP contribution in [0.5, 0.6) is 0 Å². The van der Waals surface area contributed by atoms with E-state index in [2.05, 4.69) is 4.98 Å². The predicted molar refractivity (Wildman–Crippen MR) is 55.8 cm³/mol. The van der Waals surface area contributed by atoms with Gasteiger partial charge >= 0.3 is 6.18 Å². The van der Waals surface area contributed by atoms with Gasteiger partial charge in [0.1, 0.15) is 0 Å². The lowest BCUT2D eigenvalue weighted by molar-refractivity contribution is -0.138. The van der Waals surface area contributed by atoms with Crippen LogP contribution in [0, 0.1) is 5.41 Å². The Hall–Kier alpha value is -1.10. The number of rotatable bonds is 3. The van der Waals surface area contributed by atoms with Crippen molar-refractivity contribution >= 4 is 0 Å². The summed E-state index contributed by atoms with van der Waals surface area (Å²) in [4.78, 5) is 3.52. The standard InChI is InChI=1S/C11H15F3N2/c1-10(2,7-15)5-8-3-4-16-6-9(8)11(12,13)14/h3-4,6H,5,7,15H2,1-2H3. The van der Waals surface area contributed by atoms with Crippen molar-refractivity contribution in [1.29, 1.82) is 0 Å². The number of nitrogens with zero attached hydrogens (tertiary/aromatic N) is 1. The molecule has 0 radical (unpaired) electrons. The highest BCUT2D eigenvalue weighted by atomic mass is 19.4. The lowest BCUT2D eigenvalue weighted by Crippen LogP contribution is -2.27. The highest BCUT2D eigenvalue weighted by Gasteiger charge is 2.34. The third kappa shape index (κ3) is 3.20. The Kier molecular flexibility index (Phi) is 3.57. The molecule has 1 rings (SSSR count). The first kappa shape index (κ1) is 13.0. The van der Waals surface area contributed by atoms with Crippen LogP contribution in [0.15, 0.2) is 18.5 Å². The molecule has 0 atom stereocenters. The van der Waals surface area contributed by atoms with Gasteiger partial charge < -0.3 is 5.73 Å². The molecular weight excluding hydrogens is 217 g/mol. The fourth-order valence-corrected chi connectivity index (χ4v) is 1.42.